The Morgan fingerprint density at radius 2 is 1.61 bits per heavy atom. The molecule has 0 radical (unpaired) electrons. The minimum atomic E-state index is -1.12. The zero-order valence-corrected chi connectivity index (χ0v) is 21.7. The number of cyclic esters (lactones) is 1. The van der Waals surface area contributed by atoms with E-state index in [9.17, 15) is 19.2 Å². The van der Waals surface area contributed by atoms with Gasteiger partial charge < -0.3 is 28.4 Å². The summed E-state index contributed by atoms with van der Waals surface area (Å²) in [5.74, 6) is -2.01. The molecule has 10 heteroatoms. The molecule has 0 aromatic rings. The summed E-state index contributed by atoms with van der Waals surface area (Å²) in [6.45, 7) is 8.51. The van der Waals surface area contributed by atoms with Gasteiger partial charge in [0, 0.05) is 26.2 Å². The minimum absolute atomic E-state index is 0.0267. The van der Waals surface area contributed by atoms with Gasteiger partial charge in [-0.1, -0.05) is 13.3 Å². The number of ether oxygens (including phenoxy) is 6. The van der Waals surface area contributed by atoms with E-state index in [4.69, 9.17) is 28.4 Å². The van der Waals surface area contributed by atoms with Crippen LogP contribution in [0.5, 0.6) is 0 Å². The Morgan fingerprint density at radius 3 is 2.17 bits per heavy atom. The van der Waals surface area contributed by atoms with Crippen LogP contribution in [0.3, 0.4) is 0 Å². The van der Waals surface area contributed by atoms with E-state index in [1.165, 1.54) is 20.8 Å². The fourth-order valence-corrected chi connectivity index (χ4v) is 8.10. The van der Waals surface area contributed by atoms with Crippen LogP contribution >= 0.6 is 0 Å². The van der Waals surface area contributed by atoms with E-state index in [2.05, 4.69) is 6.92 Å². The van der Waals surface area contributed by atoms with Gasteiger partial charge in [-0.25, -0.2) is 0 Å². The van der Waals surface area contributed by atoms with Crippen molar-refractivity contribution >= 4 is 23.9 Å². The summed E-state index contributed by atoms with van der Waals surface area (Å²) in [4.78, 5) is 49.3. The lowest BCUT2D eigenvalue weighted by Crippen LogP contribution is -2.80. The van der Waals surface area contributed by atoms with E-state index in [-0.39, 0.29) is 31.5 Å². The molecule has 2 spiro atoms. The van der Waals surface area contributed by atoms with Crippen molar-refractivity contribution < 1.29 is 47.6 Å². The van der Waals surface area contributed by atoms with Crippen molar-refractivity contribution in [2.75, 3.05) is 19.8 Å². The van der Waals surface area contributed by atoms with Gasteiger partial charge in [-0.3, -0.25) is 19.2 Å². The Kier molecular flexibility index (Phi) is 5.76. The maximum atomic E-state index is 12.5. The van der Waals surface area contributed by atoms with Gasteiger partial charge in [0.05, 0.1) is 18.4 Å². The van der Waals surface area contributed by atoms with Crippen LogP contribution in [0.4, 0.5) is 0 Å². The number of hydrogen-bond acceptors (Lipinski definition) is 10. The largest absolute Gasteiger partial charge is 0.465 e. The van der Waals surface area contributed by atoms with Crippen LogP contribution in [0.15, 0.2) is 0 Å². The normalized spacial score (nSPS) is 46.9. The van der Waals surface area contributed by atoms with Gasteiger partial charge >= 0.3 is 23.9 Å². The van der Waals surface area contributed by atoms with Crippen LogP contribution in [0, 0.1) is 16.7 Å². The first-order valence-corrected chi connectivity index (χ1v) is 12.8. The number of rotatable bonds is 4. The third-order valence-electron chi connectivity index (χ3n) is 9.86. The fraction of sp³-hybridized carbons (Fsp3) is 0.846. The van der Waals surface area contributed by atoms with Crippen molar-refractivity contribution in [3.63, 3.8) is 0 Å². The van der Waals surface area contributed by atoms with Crippen molar-refractivity contribution in [1.29, 1.82) is 0 Å². The van der Waals surface area contributed by atoms with E-state index >= 15 is 0 Å². The number of hydrogen-bond donors (Lipinski definition) is 0. The molecule has 5 fully saturated rings. The van der Waals surface area contributed by atoms with Gasteiger partial charge in [0.25, 0.3) is 0 Å². The number of epoxide rings is 1. The molecule has 2 saturated carbocycles. The standard InChI is InChI=1S/C26H36O10/c1-15(27)31-14-26-18(7-6-8-25(26)13-33-25)22(4)9-10-24(11-19(30)32-12-24)36-23(22,5)20(34-16(2)28)21(26)35-17(3)29/h18,20-21H,6-14H2,1-5H3. The van der Waals surface area contributed by atoms with Gasteiger partial charge in [-0.2, -0.15) is 0 Å². The predicted octanol–water partition coefficient (Wildman–Crippen LogP) is 2.24. The summed E-state index contributed by atoms with van der Waals surface area (Å²) < 4.78 is 36.1. The second kappa shape index (κ2) is 8.15. The Morgan fingerprint density at radius 1 is 0.944 bits per heavy atom. The van der Waals surface area contributed by atoms with E-state index in [0.717, 1.165) is 19.3 Å². The maximum absolute atomic E-state index is 12.5. The van der Waals surface area contributed by atoms with Gasteiger partial charge in [-0.15, -0.1) is 0 Å². The van der Waals surface area contributed by atoms with Crippen molar-refractivity contribution in [2.45, 2.75) is 102 Å². The maximum Gasteiger partial charge on any atom is 0.308 e. The average molecular weight is 509 g/mol. The second-order valence-electron chi connectivity index (χ2n) is 11.8. The van der Waals surface area contributed by atoms with E-state index < -0.39 is 57.7 Å². The Labute approximate surface area is 210 Å². The van der Waals surface area contributed by atoms with Gasteiger partial charge in [0.2, 0.25) is 0 Å². The topological polar surface area (TPSA) is 127 Å². The molecule has 0 aromatic heterocycles. The Bertz CT molecular complexity index is 989. The molecule has 8 atom stereocenters. The zero-order valence-electron chi connectivity index (χ0n) is 21.7. The molecule has 3 heterocycles. The number of carbonyl (C=O) groups is 4. The molecule has 10 nitrogen and oxygen atoms in total. The Balaban J connectivity index is 1.71. The monoisotopic (exact) mass is 508 g/mol. The lowest BCUT2D eigenvalue weighted by molar-refractivity contribution is -0.361. The molecule has 0 N–H and O–H groups in total. The van der Waals surface area contributed by atoms with Gasteiger partial charge in [0.15, 0.2) is 12.2 Å². The molecule has 3 aliphatic heterocycles. The summed E-state index contributed by atoms with van der Waals surface area (Å²) in [6, 6.07) is 0. The third kappa shape index (κ3) is 3.43. The lowest BCUT2D eigenvalue weighted by Gasteiger charge is -2.70. The highest BCUT2D eigenvalue weighted by Crippen LogP contribution is 2.72. The summed E-state index contributed by atoms with van der Waals surface area (Å²) in [5, 5.41) is 0. The van der Waals surface area contributed by atoms with E-state index in [1.807, 2.05) is 6.92 Å². The lowest BCUT2D eigenvalue weighted by atomic mass is 9.40. The third-order valence-corrected chi connectivity index (χ3v) is 9.86. The summed E-state index contributed by atoms with van der Waals surface area (Å²) in [7, 11) is 0. The smallest absolute Gasteiger partial charge is 0.308 e. The van der Waals surface area contributed by atoms with Crippen molar-refractivity contribution in [3.8, 4) is 0 Å². The minimum Gasteiger partial charge on any atom is -0.465 e. The van der Waals surface area contributed by atoms with E-state index in [0.29, 0.717) is 19.4 Å². The van der Waals surface area contributed by atoms with Crippen LogP contribution in [-0.4, -0.2) is 72.7 Å². The molecule has 8 unspecified atom stereocenters. The van der Waals surface area contributed by atoms with Gasteiger partial charge in [0.1, 0.15) is 30.0 Å². The first-order chi connectivity index (χ1) is 16.8. The molecular formula is C26H36O10. The first-order valence-electron chi connectivity index (χ1n) is 12.8. The quantitative estimate of drug-likeness (QED) is 0.317. The molecule has 2 aliphatic carbocycles. The number of fused-ring (bicyclic) bond motifs is 4. The molecule has 0 aromatic carbocycles. The zero-order chi connectivity index (χ0) is 26.1. The number of esters is 4. The second-order valence-corrected chi connectivity index (χ2v) is 11.8. The highest BCUT2D eigenvalue weighted by molar-refractivity contribution is 5.73. The van der Waals surface area contributed by atoms with Crippen LogP contribution in [0.25, 0.3) is 0 Å². The summed E-state index contributed by atoms with van der Waals surface area (Å²) in [6.07, 6.45) is 1.72. The SMILES string of the molecule is CC(=O)OCC12C(OC(C)=O)C(OC(C)=O)C3(C)OC4(CCC3(C)C1CCCC21CO1)COC(=O)C4. The molecule has 36 heavy (non-hydrogen) atoms. The predicted molar refractivity (Wildman–Crippen MR) is 121 cm³/mol. The highest BCUT2D eigenvalue weighted by Gasteiger charge is 2.82. The summed E-state index contributed by atoms with van der Waals surface area (Å²) in [5.41, 5.74) is -4.16. The molecule has 200 valence electrons. The van der Waals surface area contributed by atoms with Crippen LogP contribution in [0.2, 0.25) is 0 Å². The molecule has 3 saturated heterocycles. The molecule has 0 amide bonds. The fourth-order valence-electron chi connectivity index (χ4n) is 8.10. The van der Waals surface area contributed by atoms with Crippen molar-refractivity contribution in [1.82, 2.24) is 0 Å². The van der Waals surface area contributed by atoms with Crippen LogP contribution in [0.1, 0.15) is 73.1 Å². The molecule has 0 bridgehead atoms. The van der Waals surface area contributed by atoms with Crippen molar-refractivity contribution in [2.24, 2.45) is 16.7 Å². The summed E-state index contributed by atoms with van der Waals surface area (Å²) >= 11 is 0. The highest BCUT2D eigenvalue weighted by atomic mass is 16.6. The van der Waals surface area contributed by atoms with Crippen LogP contribution < -0.4 is 0 Å². The van der Waals surface area contributed by atoms with Crippen molar-refractivity contribution in [3.05, 3.63) is 0 Å². The molecule has 5 aliphatic rings. The average Bonchev–Trinajstić information content (AvgIpc) is 3.47. The van der Waals surface area contributed by atoms with Crippen LogP contribution in [-0.2, 0) is 47.6 Å². The molecular weight excluding hydrogens is 472 g/mol. The molecule has 5 rings (SSSR count). The van der Waals surface area contributed by atoms with E-state index in [1.54, 1.807) is 0 Å². The first kappa shape index (κ1) is 25.4. The number of carbonyl (C=O) groups excluding carboxylic acids is 4. The van der Waals surface area contributed by atoms with Gasteiger partial charge in [-0.05, 0) is 38.5 Å². The Hall–Kier alpha value is -2.20.